The Kier molecular flexibility index (Phi) is 3.31. The van der Waals surface area contributed by atoms with Crippen LogP contribution in [0.4, 0.5) is 0 Å². The highest BCUT2D eigenvalue weighted by molar-refractivity contribution is 5.99. The molecule has 0 radical (unpaired) electrons. The third-order valence-corrected chi connectivity index (χ3v) is 3.26. The molecule has 0 saturated heterocycles. The number of rotatable bonds is 1. The molecule has 5 nitrogen and oxygen atoms in total. The SMILES string of the molecule is CN(C)C1=NC(C2CCCCC2)N=C(N)N1. The molecule has 1 fully saturated rings. The molecule has 0 spiro atoms. The molecule has 1 unspecified atom stereocenters. The van der Waals surface area contributed by atoms with Crippen molar-refractivity contribution in [3.8, 4) is 0 Å². The van der Waals surface area contributed by atoms with Gasteiger partial charge in [0.2, 0.25) is 5.96 Å². The maximum absolute atomic E-state index is 5.79. The third-order valence-electron chi connectivity index (χ3n) is 3.26. The van der Waals surface area contributed by atoms with Gasteiger partial charge in [0.15, 0.2) is 5.96 Å². The molecule has 1 saturated carbocycles. The fourth-order valence-electron chi connectivity index (χ4n) is 2.35. The lowest BCUT2D eigenvalue weighted by molar-refractivity contribution is 0.307. The molecule has 0 bridgehead atoms. The first-order valence-electron chi connectivity index (χ1n) is 6.02. The predicted octanol–water partition coefficient (Wildman–Crippen LogP) is 0.728. The van der Waals surface area contributed by atoms with Crippen LogP contribution < -0.4 is 11.1 Å². The molecule has 0 amide bonds. The van der Waals surface area contributed by atoms with Crippen molar-refractivity contribution in [1.82, 2.24) is 10.2 Å². The maximum atomic E-state index is 5.79. The zero-order valence-corrected chi connectivity index (χ0v) is 10.1. The van der Waals surface area contributed by atoms with Crippen LogP contribution in [0, 0.1) is 5.92 Å². The van der Waals surface area contributed by atoms with Crippen LogP contribution in [0.25, 0.3) is 0 Å². The molecule has 3 N–H and O–H groups in total. The van der Waals surface area contributed by atoms with Crippen LogP contribution in [-0.4, -0.2) is 37.1 Å². The van der Waals surface area contributed by atoms with Crippen LogP contribution in [0.5, 0.6) is 0 Å². The molecule has 2 rings (SSSR count). The van der Waals surface area contributed by atoms with Gasteiger partial charge < -0.3 is 10.6 Å². The summed E-state index contributed by atoms with van der Waals surface area (Å²) in [6, 6.07) is 0. The Morgan fingerprint density at radius 3 is 2.50 bits per heavy atom. The summed E-state index contributed by atoms with van der Waals surface area (Å²) >= 11 is 0. The summed E-state index contributed by atoms with van der Waals surface area (Å²) in [5.74, 6) is 1.89. The highest BCUT2D eigenvalue weighted by Gasteiger charge is 2.26. The second-order valence-electron chi connectivity index (χ2n) is 4.80. The minimum Gasteiger partial charge on any atom is -0.370 e. The highest BCUT2D eigenvalue weighted by Crippen LogP contribution is 2.29. The van der Waals surface area contributed by atoms with Crippen LogP contribution in [0.3, 0.4) is 0 Å². The first-order chi connectivity index (χ1) is 7.66. The van der Waals surface area contributed by atoms with Crippen molar-refractivity contribution >= 4 is 11.9 Å². The molecular weight excluding hydrogens is 202 g/mol. The average molecular weight is 223 g/mol. The van der Waals surface area contributed by atoms with Gasteiger partial charge >= 0.3 is 0 Å². The molecular formula is C11H21N5. The average Bonchev–Trinajstić information content (AvgIpc) is 2.29. The van der Waals surface area contributed by atoms with E-state index in [1.54, 1.807) is 0 Å². The fourth-order valence-corrected chi connectivity index (χ4v) is 2.35. The number of aliphatic imine (C=N–C) groups is 2. The Labute approximate surface area is 96.8 Å². The Morgan fingerprint density at radius 1 is 1.19 bits per heavy atom. The number of guanidine groups is 2. The minimum atomic E-state index is 0.0268. The van der Waals surface area contributed by atoms with Crippen LogP contribution in [0.1, 0.15) is 32.1 Å². The van der Waals surface area contributed by atoms with Crippen molar-refractivity contribution < 1.29 is 0 Å². The van der Waals surface area contributed by atoms with Crippen LogP contribution >= 0.6 is 0 Å². The number of nitrogens with zero attached hydrogens (tertiary/aromatic N) is 3. The van der Waals surface area contributed by atoms with E-state index in [1.165, 1.54) is 32.1 Å². The van der Waals surface area contributed by atoms with Crippen molar-refractivity contribution in [3.63, 3.8) is 0 Å². The lowest BCUT2D eigenvalue weighted by Crippen LogP contribution is -2.48. The van der Waals surface area contributed by atoms with Crippen molar-refractivity contribution in [2.75, 3.05) is 14.1 Å². The summed E-state index contributed by atoms with van der Waals surface area (Å²) in [6.07, 6.45) is 6.44. The second kappa shape index (κ2) is 4.72. The minimum absolute atomic E-state index is 0.0268. The van der Waals surface area contributed by atoms with Gasteiger partial charge in [0.05, 0.1) is 0 Å². The van der Waals surface area contributed by atoms with Gasteiger partial charge in [-0.2, -0.15) is 0 Å². The van der Waals surface area contributed by atoms with Gasteiger partial charge in [0.1, 0.15) is 6.17 Å². The van der Waals surface area contributed by atoms with E-state index in [0.717, 1.165) is 5.96 Å². The molecule has 1 aliphatic carbocycles. The number of nitrogens with one attached hydrogen (secondary N) is 1. The highest BCUT2D eigenvalue weighted by atomic mass is 15.4. The van der Waals surface area contributed by atoms with Gasteiger partial charge in [-0.25, -0.2) is 9.98 Å². The molecule has 0 aromatic rings. The molecule has 1 atom stereocenters. The van der Waals surface area contributed by atoms with E-state index in [0.29, 0.717) is 11.9 Å². The van der Waals surface area contributed by atoms with E-state index in [-0.39, 0.29) is 6.17 Å². The summed E-state index contributed by atoms with van der Waals surface area (Å²) in [5, 5.41) is 2.99. The van der Waals surface area contributed by atoms with Crippen LogP contribution in [0.15, 0.2) is 9.98 Å². The van der Waals surface area contributed by atoms with E-state index in [4.69, 9.17) is 5.73 Å². The Morgan fingerprint density at radius 2 is 1.88 bits per heavy atom. The summed E-state index contributed by atoms with van der Waals surface area (Å²) in [7, 11) is 3.92. The summed E-state index contributed by atoms with van der Waals surface area (Å²) in [4.78, 5) is 11.0. The largest absolute Gasteiger partial charge is 0.370 e. The first kappa shape index (κ1) is 11.2. The number of hydrogen-bond donors (Lipinski definition) is 2. The molecule has 1 aliphatic heterocycles. The number of nitrogens with two attached hydrogens (primary N) is 1. The zero-order chi connectivity index (χ0) is 11.5. The third kappa shape index (κ3) is 2.46. The molecule has 90 valence electrons. The normalized spacial score (nSPS) is 26.8. The van der Waals surface area contributed by atoms with Crippen LogP contribution in [0.2, 0.25) is 0 Å². The van der Waals surface area contributed by atoms with E-state index in [2.05, 4.69) is 15.3 Å². The van der Waals surface area contributed by atoms with E-state index in [1.807, 2.05) is 19.0 Å². The monoisotopic (exact) mass is 223 g/mol. The van der Waals surface area contributed by atoms with Gasteiger partial charge in [0, 0.05) is 20.0 Å². The van der Waals surface area contributed by atoms with E-state index >= 15 is 0 Å². The fraction of sp³-hybridized carbons (Fsp3) is 0.818. The van der Waals surface area contributed by atoms with Gasteiger partial charge in [-0.15, -0.1) is 0 Å². The Bertz CT molecular complexity index is 301. The molecule has 2 aliphatic rings. The molecule has 16 heavy (non-hydrogen) atoms. The maximum Gasteiger partial charge on any atom is 0.202 e. The van der Waals surface area contributed by atoms with Gasteiger partial charge in [-0.05, 0) is 12.8 Å². The molecule has 0 aromatic heterocycles. The quantitative estimate of drug-likeness (QED) is 0.688. The topological polar surface area (TPSA) is 66.0 Å². The molecule has 5 heteroatoms. The van der Waals surface area contributed by atoms with Gasteiger partial charge in [-0.3, -0.25) is 5.32 Å². The van der Waals surface area contributed by atoms with Crippen molar-refractivity contribution in [2.24, 2.45) is 21.6 Å². The van der Waals surface area contributed by atoms with E-state index < -0.39 is 0 Å². The first-order valence-corrected chi connectivity index (χ1v) is 6.02. The summed E-state index contributed by atoms with van der Waals surface area (Å²) < 4.78 is 0. The lowest BCUT2D eigenvalue weighted by atomic mass is 9.87. The van der Waals surface area contributed by atoms with E-state index in [9.17, 15) is 0 Å². The predicted molar refractivity (Wildman–Crippen MR) is 66.2 cm³/mol. The summed E-state index contributed by atoms with van der Waals surface area (Å²) in [5.41, 5.74) is 5.79. The molecule has 1 heterocycles. The van der Waals surface area contributed by atoms with Crippen molar-refractivity contribution in [3.05, 3.63) is 0 Å². The molecule has 0 aromatic carbocycles. The Hall–Kier alpha value is -1.26. The smallest absolute Gasteiger partial charge is 0.202 e. The van der Waals surface area contributed by atoms with Gasteiger partial charge in [0.25, 0.3) is 0 Å². The van der Waals surface area contributed by atoms with Crippen molar-refractivity contribution in [1.29, 1.82) is 0 Å². The van der Waals surface area contributed by atoms with Gasteiger partial charge in [-0.1, -0.05) is 19.3 Å². The standard InChI is InChI=1S/C11H21N5/c1-16(2)11-14-9(13-10(12)15-11)8-6-4-3-5-7-8/h8-9H,3-7H2,1-2H3,(H3,12,13,14,15). The Balaban J connectivity index is 2.09. The van der Waals surface area contributed by atoms with Crippen LogP contribution in [-0.2, 0) is 0 Å². The number of hydrogen-bond acceptors (Lipinski definition) is 5. The summed E-state index contributed by atoms with van der Waals surface area (Å²) in [6.45, 7) is 0. The second-order valence-corrected chi connectivity index (χ2v) is 4.80. The zero-order valence-electron chi connectivity index (χ0n) is 10.1. The lowest BCUT2D eigenvalue weighted by Gasteiger charge is -2.30. The van der Waals surface area contributed by atoms with Crippen molar-refractivity contribution in [2.45, 2.75) is 38.3 Å².